The number of carbonyl (C=O) groups excluding carboxylic acids is 7. The maximum Gasteiger partial charge on any atom is 0.305 e. The van der Waals surface area contributed by atoms with Crippen LogP contribution in [0.4, 0.5) is 0 Å². The normalized spacial score (nSPS) is 15.9. The average Bonchev–Trinajstić information content (AvgIpc) is 3.78. The number of benzene rings is 3. The first-order chi connectivity index (χ1) is 35.4. The monoisotopic (exact) mass is 1040 g/mol. The molecule has 398 valence electrons. The first-order valence-corrected chi connectivity index (χ1v) is 25.3. The molecule has 0 spiro atoms. The van der Waals surface area contributed by atoms with E-state index in [0.717, 1.165) is 16.5 Å². The average molecular weight is 1040 g/mol. The molecule has 1 aromatic heterocycles. The number of aryl methyl sites for hydroxylation is 1. The molecular weight excluding hydrogens is 972 g/mol. The zero-order chi connectivity index (χ0) is 53.8. The molecule has 74 heavy (non-hydrogen) atoms. The minimum Gasteiger partial charge on any atom is -0.481 e. The highest BCUT2D eigenvalue weighted by Gasteiger charge is 2.46. The summed E-state index contributed by atoms with van der Waals surface area (Å²) in [6.07, 6.45) is 3.41. The fourth-order valence-electron chi connectivity index (χ4n) is 8.89. The summed E-state index contributed by atoms with van der Waals surface area (Å²) in [5, 5.41) is 27.3. The Morgan fingerprint density at radius 1 is 0.730 bits per heavy atom. The van der Waals surface area contributed by atoms with Crippen molar-refractivity contribution in [1.82, 2.24) is 36.9 Å². The number of carbonyl (C=O) groups is 8. The van der Waals surface area contributed by atoms with E-state index in [0.29, 0.717) is 53.9 Å². The number of aromatic nitrogens is 1. The summed E-state index contributed by atoms with van der Waals surface area (Å²) < 4.78 is 0. The lowest BCUT2D eigenvalue weighted by Crippen LogP contribution is -2.67. The summed E-state index contributed by atoms with van der Waals surface area (Å²) in [6, 6.07) is 14.6. The van der Waals surface area contributed by atoms with Crippen LogP contribution in [-0.2, 0) is 64.0 Å². The zero-order valence-corrected chi connectivity index (χ0v) is 42.3. The van der Waals surface area contributed by atoms with E-state index in [9.17, 15) is 38.7 Å². The number of aliphatic imine (C=N–C) groups is 1. The molecular formula is C52H69ClN12O9. The smallest absolute Gasteiger partial charge is 0.305 e. The van der Waals surface area contributed by atoms with Crippen molar-refractivity contribution >= 4 is 75.8 Å². The highest BCUT2D eigenvalue weighted by atomic mass is 35.5. The van der Waals surface area contributed by atoms with Gasteiger partial charge < -0.3 is 64.9 Å². The number of para-hydroxylation sites is 1. The number of aliphatic carboxylic acids is 1. The maximum absolute atomic E-state index is 15.1. The van der Waals surface area contributed by atoms with Crippen molar-refractivity contribution < 1.29 is 43.5 Å². The Morgan fingerprint density at radius 3 is 2.08 bits per heavy atom. The van der Waals surface area contributed by atoms with E-state index in [1.807, 2.05) is 37.3 Å². The van der Waals surface area contributed by atoms with Gasteiger partial charge >= 0.3 is 5.97 Å². The summed E-state index contributed by atoms with van der Waals surface area (Å²) >= 11 is 6.71. The third kappa shape index (κ3) is 16.8. The second kappa shape index (κ2) is 28.1. The molecule has 0 aliphatic heterocycles. The number of hydrogen-bond donors (Lipinski definition) is 12. The molecule has 1 aliphatic rings. The van der Waals surface area contributed by atoms with Gasteiger partial charge in [0.2, 0.25) is 41.4 Å². The predicted molar refractivity (Wildman–Crippen MR) is 280 cm³/mol. The van der Waals surface area contributed by atoms with Gasteiger partial charge in [-0.1, -0.05) is 85.6 Å². The van der Waals surface area contributed by atoms with Crippen molar-refractivity contribution in [2.24, 2.45) is 27.9 Å². The van der Waals surface area contributed by atoms with Crippen molar-refractivity contribution in [3.63, 3.8) is 0 Å². The second-order valence-corrected chi connectivity index (χ2v) is 19.0. The lowest BCUT2D eigenvalue weighted by atomic mass is 9.76. The van der Waals surface area contributed by atoms with Crippen LogP contribution in [0.15, 0.2) is 84.0 Å². The highest BCUT2D eigenvalue weighted by Crippen LogP contribution is 2.34. The first kappa shape index (κ1) is 57.4. The fraction of sp³-hybridized carbons (Fsp3) is 0.442. The van der Waals surface area contributed by atoms with Gasteiger partial charge in [0.1, 0.15) is 35.7 Å². The Morgan fingerprint density at radius 2 is 1.39 bits per heavy atom. The van der Waals surface area contributed by atoms with E-state index >= 15 is 4.79 Å². The van der Waals surface area contributed by atoms with Crippen molar-refractivity contribution in [1.29, 1.82) is 0 Å². The molecule has 3 aromatic carbocycles. The van der Waals surface area contributed by atoms with Gasteiger partial charge in [-0.25, -0.2) is 0 Å². The number of guanidine groups is 1. The van der Waals surface area contributed by atoms with E-state index in [-0.39, 0.29) is 70.3 Å². The van der Waals surface area contributed by atoms with E-state index in [4.69, 9.17) is 34.5 Å². The van der Waals surface area contributed by atoms with E-state index in [2.05, 4.69) is 41.9 Å². The number of nitrogens with one attached hydrogen (secondary N) is 7. The molecule has 1 unspecified atom stereocenters. The van der Waals surface area contributed by atoms with Crippen LogP contribution in [0, 0.1) is 0 Å². The number of aromatic amines is 1. The number of H-pyrrole nitrogens is 1. The quantitative estimate of drug-likeness (QED) is 0.0209. The number of hydrogen-bond acceptors (Lipinski definition) is 10. The SMILES string of the molecule is CCCCC(=O)N[C@@H](CC(=O)O)C(=O)NC1(C(=O)N[C@H](Cc2ccccc2)C(=O)N[C@@H](CCCN=C(N)N)C(=O)N[C@@H](Cc2c[nH]c3ccccc23)C(=O)N[C@@H](CCCCN)C(N)=O)CCc2cccc(Cl)c2C1. The van der Waals surface area contributed by atoms with Gasteiger partial charge in [0.15, 0.2) is 5.96 Å². The molecule has 21 nitrogen and oxygen atoms in total. The molecule has 16 N–H and O–H groups in total. The van der Waals surface area contributed by atoms with Crippen LogP contribution in [0.25, 0.3) is 10.9 Å². The topological polar surface area (TPSA) is 361 Å². The Balaban J connectivity index is 1.50. The molecule has 22 heteroatoms. The Bertz CT molecular complexity index is 2640. The fourth-order valence-corrected chi connectivity index (χ4v) is 9.16. The predicted octanol–water partition coefficient (Wildman–Crippen LogP) is 1.41. The van der Waals surface area contributed by atoms with Crippen LogP contribution < -0.4 is 54.8 Å². The van der Waals surface area contributed by atoms with Gasteiger partial charge in [-0.05, 0) is 92.3 Å². The van der Waals surface area contributed by atoms with E-state index in [1.165, 1.54) is 0 Å². The summed E-state index contributed by atoms with van der Waals surface area (Å²) in [6.45, 7) is 2.29. The van der Waals surface area contributed by atoms with Gasteiger partial charge in [-0.3, -0.25) is 43.3 Å². The van der Waals surface area contributed by atoms with E-state index in [1.54, 1.807) is 48.7 Å². The van der Waals surface area contributed by atoms with Gasteiger partial charge in [0.05, 0.1) is 6.42 Å². The molecule has 7 amide bonds. The van der Waals surface area contributed by atoms with Crippen molar-refractivity contribution in [3.05, 3.63) is 106 Å². The number of halogens is 1. The molecule has 0 fully saturated rings. The Hall–Kier alpha value is -7.52. The van der Waals surface area contributed by atoms with Crippen LogP contribution in [0.1, 0.15) is 93.4 Å². The Kier molecular flexibility index (Phi) is 21.8. The molecule has 1 heterocycles. The van der Waals surface area contributed by atoms with Gasteiger partial charge in [-0.2, -0.15) is 0 Å². The summed E-state index contributed by atoms with van der Waals surface area (Å²) in [7, 11) is 0. The number of carboxylic acid groups (broad SMARTS) is 1. The first-order valence-electron chi connectivity index (χ1n) is 24.9. The summed E-state index contributed by atoms with van der Waals surface area (Å²) in [5.74, 6) is -6.98. The minimum absolute atomic E-state index is 0.0134. The van der Waals surface area contributed by atoms with Crippen LogP contribution in [0.3, 0.4) is 0 Å². The number of nitrogens with two attached hydrogens (primary N) is 4. The number of nitrogens with zero attached hydrogens (tertiary/aromatic N) is 1. The largest absolute Gasteiger partial charge is 0.481 e. The minimum atomic E-state index is -1.83. The van der Waals surface area contributed by atoms with Crippen LogP contribution >= 0.6 is 11.6 Å². The number of carboxylic acids is 1. The molecule has 0 radical (unpaired) electrons. The lowest BCUT2D eigenvalue weighted by molar-refractivity contribution is -0.142. The molecule has 1 aliphatic carbocycles. The third-order valence-electron chi connectivity index (χ3n) is 12.9. The van der Waals surface area contributed by atoms with Crippen LogP contribution in [0.5, 0.6) is 0 Å². The third-order valence-corrected chi connectivity index (χ3v) is 13.3. The summed E-state index contributed by atoms with van der Waals surface area (Å²) in [4.78, 5) is 118. The van der Waals surface area contributed by atoms with Gasteiger partial charge in [-0.15, -0.1) is 0 Å². The second-order valence-electron chi connectivity index (χ2n) is 18.5. The Labute approximate surface area is 434 Å². The molecule has 5 rings (SSSR count). The molecule has 0 saturated heterocycles. The standard InChI is InChI=1S/C52H69ClN12O9/c1-2-3-21-43(66)60-42(28-44(67)68)49(73)65-52(23-22-32-15-11-17-36(53)35(32)29-52)50(74)64-40(26-31-13-5-4-6-14-31)47(71)62-39(20-12-25-58-51(56)57)46(70)63-41(27-33-30-59-37-18-8-7-16-34(33)37)48(72)61-38(45(55)69)19-9-10-24-54/h4-8,11,13-18,30,38-42,59H,2-3,9-10,12,19-29,54H2,1H3,(H2,55,69)(H,60,66)(H,61,72)(H,62,71)(H,63,70)(H,64,74)(H,65,73)(H,67,68)(H4,56,57,58)/t38-,39-,40+,41-,42-,52?/m0/s1. The van der Waals surface area contributed by atoms with Crippen molar-refractivity contribution in [3.8, 4) is 0 Å². The number of primary amides is 1. The molecule has 0 bridgehead atoms. The number of amides is 7. The summed E-state index contributed by atoms with van der Waals surface area (Å²) in [5.41, 5.74) is 24.2. The van der Waals surface area contributed by atoms with E-state index < -0.39 is 89.5 Å². The zero-order valence-electron chi connectivity index (χ0n) is 41.6. The van der Waals surface area contributed by atoms with Gasteiger partial charge in [0, 0.05) is 54.4 Å². The molecule has 4 aromatic rings. The van der Waals surface area contributed by atoms with Gasteiger partial charge in [0.25, 0.3) is 0 Å². The number of unbranched alkanes of at least 4 members (excludes halogenated alkanes) is 2. The van der Waals surface area contributed by atoms with Crippen molar-refractivity contribution in [2.75, 3.05) is 13.1 Å². The lowest BCUT2D eigenvalue weighted by Gasteiger charge is -2.39. The maximum atomic E-state index is 15.1. The highest BCUT2D eigenvalue weighted by molar-refractivity contribution is 6.31. The van der Waals surface area contributed by atoms with Crippen molar-refractivity contribution in [2.45, 2.75) is 133 Å². The van der Waals surface area contributed by atoms with Crippen LogP contribution in [-0.4, -0.2) is 112 Å². The number of rotatable bonds is 29. The molecule has 6 atom stereocenters. The molecule has 0 saturated carbocycles. The number of fused-ring (bicyclic) bond motifs is 2. The van der Waals surface area contributed by atoms with Crippen LogP contribution in [0.2, 0.25) is 5.02 Å².